The number of pyridine rings is 1. The number of hydrogen-bond acceptors (Lipinski definition) is 5. The SMILES string of the molecule is Nc1ccc(C(=O)O)c(C(=O)OCC2c3ccccc3-c3ccccc32)n1. The fourth-order valence-corrected chi connectivity index (χ4v) is 3.47. The number of nitrogens with zero attached hydrogens (tertiary/aromatic N) is 1. The van der Waals surface area contributed by atoms with Crippen molar-refractivity contribution in [3.8, 4) is 11.1 Å². The highest BCUT2D eigenvalue weighted by Gasteiger charge is 2.30. The van der Waals surface area contributed by atoms with Gasteiger partial charge in [0.05, 0.1) is 5.56 Å². The summed E-state index contributed by atoms with van der Waals surface area (Å²) in [6.45, 7) is 0.0857. The lowest BCUT2D eigenvalue weighted by Crippen LogP contribution is -2.18. The number of aromatic nitrogens is 1. The standard InChI is InChI=1S/C21H16N2O4/c22-18-10-9-16(20(24)25)19(23-18)21(26)27-11-17-14-7-3-1-5-12(14)13-6-2-4-8-15(13)17/h1-10,17H,11H2,(H2,22,23)(H,24,25). The van der Waals surface area contributed by atoms with Crippen LogP contribution < -0.4 is 5.73 Å². The Kier molecular flexibility index (Phi) is 4.08. The van der Waals surface area contributed by atoms with Crippen LogP contribution >= 0.6 is 0 Å². The first-order valence-corrected chi connectivity index (χ1v) is 8.41. The van der Waals surface area contributed by atoms with E-state index in [1.807, 2.05) is 48.5 Å². The first-order chi connectivity index (χ1) is 13.1. The third-order valence-corrected chi connectivity index (χ3v) is 4.68. The number of anilines is 1. The lowest BCUT2D eigenvalue weighted by atomic mass is 9.98. The van der Waals surface area contributed by atoms with Crippen LogP contribution in [-0.4, -0.2) is 28.6 Å². The molecule has 27 heavy (non-hydrogen) atoms. The number of benzene rings is 2. The molecule has 0 unspecified atom stereocenters. The van der Waals surface area contributed by atoms with Gasteiger partial charge in [-0.05, 0) is 34.4 Å². The van der Waals surface area contributed by atoms with Crippen LogP contribution in [0.15, 0.2) is 60.7 Å². The molecule has 0 spiro atoms. The fourth-order valence-electron chi connectivity index (χ4n) is 3.47. The molecule has 0 atom stereocenters. The van der Waals surface area contributed by atoms with E-state index in [-0.39, 0.29) is 29.6 Å². The predicted molar refractivity (Wildman–Crippen MR) is 99.6 cm³/mol. The van der Waals surface area contributed by atoms with Gasteiger partial charge in [-0.3, -0.25) is 0 Å². The molecule has 1 aliphatic carbocycles. The van der Waals surface area contributed by atoms with E-state index < -0.39 is 11.9 Å². The summed E-state index contributed by atoms with van der Waals surface area (Å²) >= 11 is 0. The van der Waals surface area contributed by atoms with Gasteiger partial charge in [0.1, 0.15) is 12.4 Å². The number of hydrogen-bond donors (Lipinski definition) is 2. The molecule has 0 aliphatic heterocycles. The van der Waals surface area contributed by atoms with Gasteiger partial charge in [-0.25, -0.2) is 14.6 Å². The van der Waals surface area contributed by atoms with Crippen molar-refractivity contribution in [1.82, 2.24) is 4.98 Å². The molecule has 6 nitrogen and oxygen atoms in total. The minimum Gasteiger partial charge on any atom is -0.478 e. The maximum absolute atomic E-state index is 12.5. The molecule has 0 saturated heterocycles. The van der Waals surface area contributed by atoms with Crippen molar-refractivity contribution < 1.29 is 19.4 Å². The second-order valence-corrected chi connectivity index (χ2v) is 6.26. The van der Waals surface area contributed by atoms with E-state index in [2.05, 4.69) is 4.98 Å². The number of aromatic carboxylic acids is 1. The molecule has 1 aromatic heterocycles. The summed E-state index contributed by atoms with van der Waals surface area (Å²) < 4.78 is 5.45. The minimum atomic E-state index is -1.26. The van der Waals surface area contributed by atoms with E-state index in [0.29, 0.717) is 0 Å². The largest absolute Gasteiger partial charge is 0.478 e. The van der Waals surface area contributed by atoms with Crippen molar-refractivity contribution in [3.63, 3.8) is 0 Å². The molecule has 0 radical (unpaired) electrons. The number of ether oxygens (including phenoxy) is 1. The van der Waals surface area contributed by atoms with Gasteiger partial charge in [-0.1, -0.05) is 48.5 Å². The number of rotatable bonds is 4. The molecule has 0 amide bonds. The van der Waals surface area contributed by atoms with E-state index in [4.69, 9.17) is 10.5 Å². The highest BCUT2D eigenvalue weighted by atomic mass is 16.5. The number of carboxylic acids is 1. The van der Waals surface area contributed by atoms with Crippen LogP contribution in [0.4, 0.5) is 5.82 Å². The Morgan fingerprint density at radius 2 is 1.56 bits per heavy atom. The average molecular weight is 360 g/mol. The zero-order chi connectivity index (χ0) is 19.0. The molecule has 4 rings (SSSR count). The molecule has 3 N–H and O–H groups in total. The van der Waals surface area contributed by atoms with Crippen LogP contribution in [0.25, 0.3) is 11.1 Å². The zero-order valence-electron chi connectivity index (χ0n) is 14.3. The number of fused-ring (bicyclic) bond motifs is 3. The van der Waals surface area contributed by atoms with Crippen LogP contribution in [0.1, 0.15) is 37.9 Å². The monoisotopic (exact) mass is 360 g/mol. The Hall–Kier alpha value is -3.67. The molecule has 1 heterocycles. The van der Waals surface area contributed by atoms with E-state index >= 15 is 0 Å². The maximum Gasteiger partial charge on any atom is 0.357 e. The van der Waals surface area contributed by atoms with Gasteiger partial charge in [-0.15, -0.1) is 0 Å². The Morgan fingerprint density at radius 1 is 0.963 bits per heavy atom. The smallest absolute Gasteiger partial charge is 0.357 e. The first-order valence-electron chi connectivity index (χ1n) is 8.41. The minimum absolute atomic E-state index is 0.0588. The number of carboxylic acid groups (broad SMARTS) is 1. The third kappa shape index (κ3) is 2.91. The van der Waals surface area contributed by atoms with Crippen LogP contribution in [0.2, 0.25) is 0 Å². The number of esters is 1. The van der Waals surface area contributed by atoms with E-state index in [1.165, 1.54) is 12.1 Å². The van der Waals surface area contributed by atoms with Gasteiger partial charge in [-0.2, -0.15) is 0 Å². The summed E-state index contributed by atoms with van der Waals surface area (Å²) in [5.74, 6) is -2.12. The molecule has 1 aliphatic rings. The second-order valence-electron chi connectivity index (χ2n) is 6.26. The quantitative estimate of drug-likeness (QED) is 0.692. The summed E-state index contributed by atoms with van der Waals surface area (Å²) in [6.07, 6.45) is 0. The molecule has 0 fully saturated rings. The summed E-state index contributed by atoms with van der Waals surface area (Å²) in [6, 6.07) is 18.5. The van der Waals surface area contributed by atoms with E-state index in [1.54, 1.807) is 0 Å². The van der Waals surface area contributed by atoms with Crippen LogP contribution in [0, 0.1) is 0 Å². The summed E-state index contributed by atoms with van der Waals surface area (Å²) in [5, 5.41) is 9.26. The molecular weight excluding hydrogens is 344 g/mol. The van der Waals surface area contributed by atoms with Crippen molar-refractivity contribution in [1.29, 1.82) is 0 Å². The topological polar surface area (TPSA) is 103 Å². The van der Waals surface area contributed by atoms with Crippen molar-refractivity contribution in [2.24, 2.45) is 0 Å². The molecule has 0 bridgehead atoms. The molecule has 6 heteroatoms. The van der Waals surface area contributed by atoms with Crippen LogP contribution in [0.5, 0.6) is 0 Å². The maximum atomic E-state index is 12.5. The van der Waals surface area contributed by atoms with E-state index in [0.717, 1.165) is 22.3 Å². The predicted octanol–water partition coefficient (Wildman–Crippen LogP) is 3.33. The third-order valence-electron chi connectivity index (χ3n) is 4.68. The lowest BCUT2D eigenvalue weighted by molar-refractivity contribution is 0.0476. The summed E-state index contributed by atoms with van der Waals surface area (Å²) in [7, 11) is 0. The van der Waals surface area contributed by atoms with Gasteiger partial charge >= 0.3 is 11.9 Å². The number of nitrogen functional groups attached to an aromatic ring is 1. The zero-order valence-corrected chi connectivity index (χ0v) is 14.3. The normalized spacial score (nSPS) is 12.3. The number of carbonyl (C=O) groups is 2. The van der Waals surface area contributed by atoms with Crippen LogP contribution in [-0.2, 0) is 4.74 Å². The lowest BCUT2D eigenvalue weighted by Gasteiger charge is -2.14. The second kappa shape index (κ2) is 6.57. The number of nitrogens with two attached hydrogens (primary N) is 1. The van der Waals surface area contributed by atoms with Gasteiger partial charge in [0.2, 0.25) is 0 Å². The van der Waals surface area contributed by atoms with Gasteiger partial charge < -0.3 is 15.6 Å². The van der Waals surface area contributed by atoms with Crippen molar-refractivity contribution in [2.75, 3.05) is 12.3 Å². The molecule has 2 aromatic carbocycles. The molecule has 0 saturated carbocycles. The summed E-state index contributed by atoms with van der Waals surface area (Å²) in [4.78, 5) is 27.7. The average Bonchev–Trinajstić information content (AvgIpc) is 3.00. The Balaban J connectivity index is 1.62. The van der Waals surface area contributed by atoms with Crippen molar-refractivity contribution in [2.45, 2.75) is 5.92 Å². The van der Waals surface area contributed by atoms with Gasteiger partial charge in [0.25, 0.3) is 0 Å². The molecular formula is C21H16N2O4. The highest BCUT2D eigenvalue weighted by Crippen LogP contribution is 2.44. The summed E-state index contributed by atoms with van der Waals surface area (Å²) in [5.41, 5.74) is 9.45. The first kappa shape index (κ1) is 16.8. The van der Waals surface area contributed by atoms with Crippen molar-refractivity contribution in [3.05, 3.63) is 83.0 Å². The van der Waals surface area contributed by atoms with E-state index in [9.17, 15) is 14.7 Å². The highest BCUT2D eigenvalue weighted by molar-refractivity contribution is 6.01. The Bertz CT molecular complexity index is 1020. The Labute approximate surface area is 155 Å². The molecule has 134 valence electrons. The van der Waals surface area contributed by atoms with Crippen LogP contribution in [0.3, 0.4) is 0 Å². The Morgan fingerprint density at radius 3 is 2.15 bits per heavy atom. The number of carbonyl (C=O) groups excluding carboxylic acids is 1. The van der Waals surface area contributed by atoms with Crippen molar-refractivity contribution >= 4 is 17.8 Å². The molecule has 3 aromatic rings. The fraction of sp³-hybridized carbons (Fsp3) is 0.0952. The van der Waals surface area contributed by atoms with Gasteiger partial charge in [0, 0.05) is 5.92 Å². The van der Waals surface area contributed by atoms with Gasteiger partial charge in [0.15, 0.2) is 5.69 Å².